The van der Waals surface area contributed by atoms with Gasteiger partial charge in [0.2, 0.25) is 5.91 Å². The maximum atomic E-state index is 12.4. The van der Waals surface area contributed by atoms with E-state index >= 15 is 0 Å². The largest absolute Gasteiger partial charge is 0.508 e. The molecule has 1 fully saturated rings. The van der Waals surface area contributed by atoms with Gasteiger partial charge in [0, 0.05) is 19.0 Å². The fraction of sp³-hybridized carbons (Fsp3) is 0.316. The minimum Gasteiger partial charge on any atom is -0.508 e. The second kappa shape index (κ2) is 6.81. The van der Waals surface area contributed by atoms with Crippen LogP contribution in [0.3, 0.4) is 0 Å². The van der Waals surface area contributed by atoms with Crippen LogP contribution in [0.1, 0.15) is 31.4 Å². The first-order chi connectivity index (χ1) is 12.0. The van der Waals surface area contributed by atoms with Crippen molar-refractivity contribution in [3.63, 3.8) is 0 Å². The third kappa shape index (κ3) is 3.13. The average Bonchev–Trinajstić information content (AvgIpc) is 2.87. The van der Waals surface area contributed by atoms with E-state index in [9.17, 15) is 14.7 Å². The Hall–Kier alpha value is -3.07. The van der Waals surface area contributed by atoms with Crippen molar-refractivity contribution in [1.29, 1.82) is 5.26 Å². The van der Waals surface area contributed by atoms with Crippen molar-refractivity contribution < 1.29 is 19.4 Å². The molecule has 1 aliphatic heterocycles. The van der Waals surface area contributed by atoms with Gasteiger partial charge in [0.1, 0.15) is 11.9 Å². The summed E-state index contributed by atoms with van der Waals surface area (Å²) in [6, 6.07) is 12.3. The van der Waals surface area contributed by atoms with E-state index in [4.69, 9.17) is 10.00 Å². The lowest BCUT2D eigenvalue weighted by atomic mass is 9.94. The molecule has 0 unspecified atom stereocenters. The number of nitriles is 1. The summed E-state index contributed by atoms with van der Waals surface area (Å²) in [7, 11) is 0. The fourth-order valence-electron chi connectivity index (χ4n) is 3.45. The highest BCUT2D eigenvalue weighted by Gasteiger charge is 2.44. The van der Waals surface area contributed by atoms with E-state index in [1.54, 1.807) is 12.1 Å². The summed E-state index contributed by atoms with van der Waals surface area (Å²) >= 11 is 0. The zero-order chi connectivity index (χ0) is 18.0. The SMILES string of the molecule is CC(=O)O[C@H]1CC(=O)N(CCC#N)[C@@H]1c1c(O)ccc2ccccc12. The lowest BCUT2D eigenvalue weighted by molar-refractivity contribution is -0.147. The van der Waals surface area contributed by atoms with E-state index in [1.165, 1.54) is 11.8 Å². The molecule has 25 heavy (non-hydrogen) atoms. The van der Waals surface area contributed by atoms with Crippen LogP contribution in [0.5, 0.6) is 5.75 Å². The summed E-state index contributed by atoms with van der Waals surface area (Å²) in [5.74, 6) is -0.638. The Bertz CT molecular complexity index is 871. The molecule has 0 bridgehead atoms. The molecule has 0 spiro atoms. The third-order valence-corrected chi connectivity index (χ3v) is 4.41. The second-order valence-electron chi connectivity index (χ2n) is 6.01. The van der Waals surface area contributed by atoms with Gasteiger partial charge in [-0.3, -0.25) is 9.59 Å². The number of likely N-dealkylation sites (tertiary alicyclic amines) is 1. The Labute approximate surface area is 145 Å². The number of carbonyl (C=O) groups excluding carboxylic acids is 2. The van der Waals surface area contributed by atoms with Crippen LogP contribution in [-0.2, 0) is 14.3 Å². The van der Waals surface area contributed by atoms with Crippen LogP contribution in [0.15, 0.2) is 36.4 Å². The number of rotatable bonds is 4. The van der Waals surface area contributed by atoms with Crippen LogP contribution in [0.2, 0.25) is 0 Å². The number of benzene rings is 2. The van der Waals surface area contributed by atoms with Crippen molar-refractivity contribution in [3.8, 4) is 11.8 Å². The van der Waals surface area contributed by atoms with Crippen LogP contribution >= 0.6 is 0 Å². The average molecular weight is 338 g/mol. The first-order valence-electron chi connectivity index (χ1n) is 8.07. The lowest BCUT2D eigenvalue weighted by Gasteiger charge is -2.29. The summed E-state index contributed by atoms with van der Waals surface area (Å²) in [5, 5.41) is 21.1. The summed E-state index contributed by atoms with van der Waals surface area (Å²) in [4.78, 5) is 25.5. The molecule has 1 aliphatic rings. The van der Waals surface area contributed by atoms with Crippen LogP contribution < -0.4 is 0 Å². The number of esters is 1. The molecule has 6 heteroatoms. The molecular formula is C19H18N2O4. The standard InChI is InChI=1S/C19H18N2O4/c1-12(22)25-16-11-17(24)21(10-4-9-20)19(16)18-14-6-3-2-5-13(14)7-8-15(18)23/h2-3,5-8,16,19,23H,4,10-11H2,1H3/t16-,19-/m0/s1. The molecule has 0 radical (unpaired) electrons. The highest BCUT2D eigenvalue weighted by Crippen LogP contribution is 2.42. The van der Waals surface area contributed by atoms with E-state index in [0.717, 1.165) is 10.8 Å². The Morgan fingerprint density at radius 2 is 2.12 bits per heavy atom. The minimum absolute atomic E-state index is 0.0394. The van der Waals surface area contributed by atoms with Crippen LogP contribution in [0.4, 0.5) is 0 Å². The molecule has 2 aromatic rings. The molecule has 1 N–H and O–H groups in total. The second-order valence-corrected chi connectivity index (χ2v) is 6.01. The van der Waals surface area contributed by atoms with Crippen molar-refractivity contribution in [2.24, 2.45) is 0 Å². The number of hydrogen-bond acceptors (Lipinski definition) is 5. The molecule has 1 amide bonds. The predicted molar refractivity (Wildman–Crippen MR) is 90.5 cm³/mol. The molecule has 0 aliphatic carbocycles. The topological polar surface area (TPSA) is 90.6 Å². The first-order valence-corrected chi connectivity index (χ1v) is 8.07. The van der Waals surface area contributed by atoms with Gasteiger partial charge in [-0.2, -0.15) is 5.26 Å². The first kappa shape index (κ1) is 16.8. The van der Waals surface area contributed by atoms with Crippen LogP contribution in [-0.4, -0.2) is 34.5 Å². The van der Waals surface area contributed by atoms with Gasteiger partial charge in [-0.05, 0) is 16.8 Å². The lowest BCUT2D eigenvalue weighted by Crippen LogP contribution is -2.32. The van der Waals surface area contributed by atoms with Gasteiger partial charge in [0.15, 0.2) is 0 Å². The number of hydrogen-bond donors (Lipinski definition) is 1. The molecule has 3 rings (SSSR count). The summed E-state index contributed by atoms with van der Waals surface area (Å²) in [6.07, 6.45) is -0.487. The number of fused-ring (bicyclic) bond motifs is 1. The normalized spacial score (nSPS) is 19.8. The molecular weight excluding hydrogens is 320 g/mol. The van der Waals surface area contributed by atoms with Crippen molar-refractivity contribution in [3.05, 3.63) is 42.0 Å². The zero-order valence-corrected chi connectivity index (χ0v) is 13.8. The number of nitrogens with zero attached hydrogens (tertiary/aromatic N) is 2. The molecule has 2 atom stereocenters. The highest BCUT2D eigenvalue weighted by molar-refractivity contribution is 5.90. The van der Waals surface area contributed by atoms with Crippen molar-refractivity contribution >= 4 is 22.6 Å². The smallest absolute Gasteiger partial charge is 0.303 e. The molecule has 0 saturated carbocycles. The van der Waals surface area contributed by atoms with Gasteiger partial charge < -0.3 is 14.7 Å². The quantitative estimate of drug-likeness (QED) is 0.866. The van der Waals surface area contributed by atoms with Crippen LogP contribution in [0, 0.1) is 11.3 Å². The Morgan fingerprint density at radius 1 is 1.36 bits per heavy atom. The molecule has 6 nitrogen and oxygen atoms in total. The number of ether oxygens (including phenoxy) is 1. The maximum absolute atomic E-state index is 12.4. The highest BCUT2D eigenvalue weighted by atomic mass is 16.5. The van der Waals surface area contributed by atoms with Gasteiger partial charge in [-0.15, -0.1) is 0 Å². The van der Waals surface area contributed by atoms with E-state index in [0.29, 0.717) is 5.56 Å². The molecule has 1 saturated heterocycles. The summed E-state index contributed by atoms with van der Waals surface area (Å²) < 4.78 is 5.37. The monoisotopic (exact) mass is 338 g/mol. The number of amides is 1. The van der Waals surface area contributed by atoms with E-state index in [2.05, 4.69) is 0 Å². The van der Waals surface area contributed by atoms with Gasteiger partial charge in [0.05, 0.1) is 25.0 Å². The van der Waals surface area contributed by atoms with Crippen molar-refractivity contribution in [1.82, 2.24) is 4.90 Å². The molecule has 2 aromatic carbocycles. The number of phenolic OH excluding ortho intramolecular Hbond substituents is 1. The van der Waals surface area contributed by atoms with E-state index in [-0.39, 0.29) is 31.0 Å². The fourth-order valence-corrected chi connectivity index (χ4v) is 3.45. The van der Waals surface area contributed by atoms with Gasteiger partial charge in [-0.25, -0.2) is 0 Å². The Balaban J connectivity index is 2.15. The van der Waals surface area contributed by atoms with Gasteiger partial charge in [0.25, 0.3) is 0 Å². The number of aromatic hydroxyl groups is 1. The number of phenols is 1. The molecule has 0 aromatic heterocycles. The van der Waals surface area contributed by atoms with Crippen molar-refractivity contribution in [2.45, 2.75) is 31.9 Å². The molecule has 128 valence electrons. The minimum atomic E-state index is -0.694. The Morgan fingerprint density at radius 3 is 2.84 bits per heavy atom. The Kier molecular flexibility index (Phi) is 4.57. The van der Waals surface area contributed by atoms with E-state index in [1.807, 2.05) is 30.3 Å². The van der Waals surface area contributed by atoms with E-state index < -0.39 is 18.1 Å². The van der Waals surface area contributed by atoms with Crippen molar-refractivity contribution in [2.75, 3.05) is 6.54 Å². The van der Waals surface area contributed by atoms with Gasteiger partial charge >= 0.3 is 5.97 Å². The predicted octanol–water partition coefficient (Wildman–Crippen LogP) is 2.66. The van der Waals surface area contributed by atoms with Crippen LogP contribution in [0.25, 0.3) is 10.8 Å². The third-order valence-electron chi connectivity index (χ3n) is 4.41. The zero-order valence-electron chi connectivity index (χ0n) is 13.8. The summed E-state index contributed by atoms with van der Waals surface area (Å²) in [5.41, 5.74) is 0.549. The summed E-state index contributed by atoms with van der Waals surface area (Å²) in [6.45, 7) is 1.52. The van der Waals surface area contributed by atoms with Gasteiger partial charge in [-0.1, -0.05) is 30.3 Å². The maximum Gasteiger partial charge on any atom is 0.303 e. The molecule has 1 heterocycles. The number of carbonyl (C=O) groups is 2.